The standard InChI is InChI=1S/C16H30N4O3Si/c1-10(23-24(7,8)15(2,3)4)12-13(17-14(12)21)20-9-11(18-19-20)16(5,6)22/h9-10,12-13,22H,1-8H3,(H,17,21)/t10-,12-,13-/m1/s1. The summed E-state index contributed by atoms with van der Waals surface area (Å²) in [4.78, 5) is 12.1. The maximum atomic E-state index is 12.1. The van der Waals surface area contributed by atoms with Crippen LogP contribution in [-0.2, 0) is 14.8 Å². The first-order valence-corrected chi connectivity index (χ1v) is 11.3. The van der Waals surface area contributed by atoms with Gasteiger partial charge in [0, 0.05) is 0 Å². The number of rotatable bonds is 5. The van der Waals surface area contributed by atoms with Crippen molar-refractivity contribution in [1.82, 2.24) is 20.3 Å². The lowest BCUT2D eigenvalue weighted by Gasteiger charge is -2.45. The van der Waals surface area contributed by atoms with Crippen molar-refractivity contribution in [2.75, 3.05) is 0 Å². The highest BCUT2D eigenvalue weighted by Crippen LogP contribution is 2.40. The van der Waals surface area contributed by atoms with Gasteiger partial charge in [0.2, 0.25) is 5.91 Å². The lowest BCUT2D eigenvalue weighted by atomic mass is 9.91. The first kappa shape index (κ1) is 19.1. The van der Waals surface area contributed by atoms with E-state index in [9.17, 15) is 9.90 Å². The zero-order valence-corrected chi connectivity index (χ0v) is 16.9. The van der Waals surface area contributed by atoms with Crippen LogP contribution in [0.4, 0.5) is 0 Å². The van der Waals surface area contributed by atoms with E-state index in [1.54, 1.807) is 24.7 Å². The molecule has 136 valence electrons. The van der Waals surface area contributed by atoms with E-state index in [-0.39, 0.29) is 29.1 Å². The average molecular weight is 355 g/mol. The molecular weight excluding hydrogens is 324 g/mol. The van der Waals surface area contributed by atoms with Crippen molar-refractivity contribution in [1.29, 1.82) is 0 Å². The lowest BCUT2D eigenvalue weighted by molar-refractivity contribution is -0.144. The predicted octanol–water partition coefficient (Wildman–Crippen LogP) is 2.16. The summed E-state index contributed by atoms with van der Waals surface area (Å²) >= 11 is 0. The van der Waals surface area contributed by atoms with Crippen LogP contribution in [0.2, 0.25) is 18.1 Å². The highest BCUT2D eigenvalue weighted by Gasteiger charge is 2.48. The van der Waals surface area contributed by atoms with Crippen LogP contribution in [0.5, 0.6) is 0 Å². The molecule has 1 fully saturated rings. The Morgan fingerprint density at radius 2 is 1.92 bits per heavy atom. The first-order valence-electron chi connectivity index (χ1n) is 8.37. The molecule has 2 heterocycles. The monoisotopic (exact) mass is 354 g/mol. The van der Waals surface area contributed by atoms with Crippen LogP contribution in [0.3, 0.4) is 0 Å². The van der Waals surface area contributed by atoms with Gasteiger partial charge < -0.3 is 14.8 Å². The van der Waals surface area contributed by atoms with Gasteiger partial charge in [-0.2, -0.15) is 0 Å². The fourth-order valence-corrected chi connectivity index (χ4v) is 3.92. The number of carbonyl (C=O) groups excluding carboxylic acids is 1. The van der Waals surface area contributed by atoms with Gasteiger partial charge in [-0.1, -0.05) is 26.0 Å². The Hall–Kier alpha value is -1.25. The van der Waals surface area contributed by atoms with E-state index in [1.807, 2.05) is 6.92 Å². The van der Waals surface area contributed by atoms with Gasteiger partial charge in [0.1, 0.15) is 23.4 Å². The van der Waals surface area contributed by atoms with E-state index in [1.165, 1.54) is 0 Å². The molecule has 1 amide bonds. The molecule has 3 atom stereocenters. The van der Waals surface area contributed by atoms with Gasteiger partial charge in [-0.05, 0) is 38.9 Å². The van der Waals surface area contributed by atoms with Crippen LogP contribution < -0.4 is 5.32 Å². The largest absolute Gasteiger partial charge is 0.413 e. The van der Waals surface area contributed by atoms with Gasteiger partial charge in [0.05, 0.1) is 12.3 Å². The van der Waals surface area contributed by atoms with Crippen molar-refractivity contribution >= 4 is 14.2 Å². The summed E-state index contributed by atoms with van der Waals surface area (Å²) < 4.78 is 7.97. The van der Waals surface area contributed by atoms with Gasteiger partial charge in [-0.25, -0.2) is 4.68 Å². The number of nitrogens with zero attached hydrogens (tertiary/aromatic N) is 3. The topological polar surface area (TPSA) is 89.3 Å². The Bertz CT molecular complexity index is 616. The van der Waals surface area contributed by atoms with Crippen LogP contribution in [0.15, 0.2) is 6.20 Å². The van der Waals surface area contributed by atoms with Crippen molar-refractivity contribution in [2.24, 2.45) is 5.92 Å². The van der Waals surface area contributed by atoms with Crippen molar-refractivity contribution in [3.8, 4) is 0 Å². The molecule has 1 saturated heterocycles. The third kappa shape index (κ3) is 3.55. The lowest BCUT2D eigenvalue weighted by Crippen LogP contribution is -2.60. The second kappa shape index (κ2) is 5.93. The minimum Gasteiger partial charge on any atom is -0.413 e. The van der Waals surface area contributed by atoms with E-state index in [4.69, 9.17) is 4.43 Å². The van der Waals surface area contributed by atoms with Crippen LogP contribution in [0, 0.1) is 5.92 Å². The second-order valence-electron chi connectivity index (χ2n) is 8.71. The molecule has 0 unspecified atom stereocenters. The second-order valence-corrected chi connectivity index (χ2v) is 13.5. The highest BCUT2D eigenvalue weighted by atomic mass is 28.4. The fourth-order valence-electron chi connectivity index (χ4n) is 2.49. The molecule has 0 radical (unpaired) electrons. The number of carbonyl (C=O) groups is 1. The van der Waals surface area contributed by atoms with Crippen molar-refractivity contribution in [2.45, 2.75) is 77.5 Å². The minimum atomic E-state index is -1.96. The Morgan fingerprint density at radius 3 is 2.33 bits per heavy atom. The minimum absolute atomic E-state index is 0.0356. The first-order chi connectivity index (χ1) is 10.7. The van der Waals surface area contributed by atoms with Gasteiger partial charge in [-0.3, -0.25) is 4.79 Å². The number of amides is 1. The third-order valence-corrected chi connectivity index (χ3v) is 9.72. The summed E-state index contributed by atoms with van der Waals surface area (Å²) in [7, 11) is -1.96. The van der Waals surface area contributed by atoms with Gasteiger partial charge in [-0.15, -0.1) is 5.10 Å². The molecule has 1 aliphatic heterocycles. The molecule has 0 aliphatic carbocycles. The summed E-state index contributed by atoms with van der Waals surface area (Å²) in [5.41, 5.74) is -0.592. The van der Waals surface area contributed by atoms with Gasteiger partial charge in [0.25, 0.3) is 0 Å². The summed E-state index contributed by atoms with van der Waals surface area (Å²) in [6.07, 6.45) is 1.18. The molecule has 1 aliphatic rings. The Labute approximate surface area is 144 Å². The maximum absolute atomic E-state index is 12.1. The smallest absolute Gasteiger partial charge is 0.231 e. The van der Waals surface area contributed by atoms with E-state index in [2.05, 4.69) is 49.5 Å². The van der Waals surface area contributed by atoms with Crippen molar-refractivity contribution in [3.63, 3.8) is 0 Å². The van der Waals surface area contributed by atoms with Crippen LogP contribution >= 0.6 is 0 Å². The average Bonchev–Trinajstić information content (AvgIpc) is 2.82. The molecule has 0 bridgehead atoms. The fraction of sp³-hybridized carbons (Fsp3) is 0.812. The molecule has 1 aromatic heterocycles. The van der Waals surface area contributed by atoms with E-state index >= 15 is 0 Å². The Morgan fingerprint density at radius 1 is 1.33 bits per heavy atom. The van der Waals surface area contributed by atoms with Gasteiger partial charge in [0.15, 0.2) is 8.32 Å². The number of hydrogen-bond acceptors (Lipinski definition) is 5. The molecule has 1 aromatic rings. The zero-order valence-electron chi connectivity index (χ0n) is 15.9. The molecular formula is C16H30N4O3Si. The number of aliphatic hydroxyl groups is 1. The summed E-state index contributed by atoms with van der Waals surface area (Å²) in [6.45, 7) is 16.1. The predicted molar refractivity (Wildman–Crippen MR) is 93.7 cm³/mol. The van der Waals surface area contributed by atoms with Crippen molar-refractivity contribution in [3.05, 3.63) is 11.9 Å². The van der Waals surface area contributed by atoms with Crippen LogP contribution in [0.25, 0.3) is 0 Å². The summed E-state index contributed by atoms with van der Waals surface area (Å²) in [5.74, 6) is -0.345. The molecule has 8 heteroatoms. The molecule has 0 aromatic carbocycles. The normalized spacial score (nSPS) is 23.6. The molecule has 7 nitrogen and oxygen atoms in total. The number of nitrogens with one attached hydrogen (secondary N) is 1. The molecule has 2 rings (SSSR count). The maximum Gasteiger partial charge on any atom is 0.231 e. The van der Waals surface area contributed by atoms with Crippen molar-refractivity contribution < 1.29 is 14.3 Å². The molecule has 2 N–H and O–H groups in total. The summed E-state index contributed by atoms with van der Waals surface area (Å²) in [5, 5.41) is 21.0. The van der Waals surface area contributed by atoms with E-state index in [0.717, 1.165) is 0 Å². The van der Waals surface area contributed by atoms with E-state index in [0.29, 0.717) is 5.69 Å². The zero-order chi connectivity index (χ0) is 18.5. The Kier molecular flexibility index (Phi) is 4.71. The molecule has 0 spiro atoms. The van der Waals surface area contributed by atoms with Crippen LogP contribution in [-0.4, -0.2) is 40.4 Å². The highest BCUT2D eigenvalue weighted by molar-refractivity contribution is 6.74. The van der Waals surface area contributed by atoms with Crippen LogP contribution in [0.1, 0.15) is 53.4 Å². The number of hydrogen-bond donors (Lipinski definition) is 2. The quantitative estimate of drug-likeness (QED) is 0.625. The molecule has 24 heavy (non-hydrogen) atoms. The Balaban J connectivity index is 2.15. The number of β-lactam (4-membered cyclic amide) rings is 1. The van der Waals surface area contributed by atoms with Gasteiger partial charge >= 0.3 is 0 Å². The third-order valence-electron chi connectivity index (χ3n) is 5.15. The number of aromatic nitrogens is 3. The molecule has 0 saturated carbocycles. The SMILES string of the molecule is C[C@@H](O[Si](C)(C)C(C)(C)C)[C@H]1C(=O)N[C@@H]1n1cc(C(C)(C)O)nn1. The summed E-state index contributed by atoms with van der Waals surface area (Å²) in [6, 6.07) is 0. The van der Waals surface area contributed by atoms with E-state index < -0.39 is 13.9 Å².